The fourth-order valence-corrected chi connectivity index (χ4v) is 2.65. The monoisotopic (exact) mass is 316 g/mol. The number of imide groups is 1. The number of hydrogen-bond acceptors (Lipinski definition) is 5. The molecule has 0 saturated carbocycles. The molecule has 7 nitrogen and oxygen atoms in total. The molecule has 2 N–H and O–H groups in total. The molecule has 7 heteroatoms. The molecule has 2 atom stereocenters. The largest absolute Gasteiger partial charge is 0.494 e. The molecule has 1 saturated heterocycles. The second-order valence-corrected chi connectivity index (χ2v) is 5.28. The van der Waals surface area contributed by atoms with Gasteiger partial charge in [-0.25, -0.2) is 9.59 Å². The molecule has 23 heavy (non-hydrogen) atoms. The van der Waals surface area contributed by atoms with E-state index in [1.54, 1.807) is 0 Å². The topological polar surface area (TPSA) is 93.7 Å². The van der Waals surface area contributed by atoms with Crippen LogP contribution in [0.3, 0.4) is 0 Å². The second-order valence-electron chi connectivity index (χ2n) is 5.28. The van der Waals surface area contributed by atoms with Crippen LogP contribution in [0.5, 0.6) is 5.75 Å². The first-order valence-corrected chi connectivity index (χ1v) is 7.34. The zero-order valence-electron chi connectivity index (χ0n) is 12.3. The molecule has 1 aromatic carbocycles. The van der Waals surface area contributed by atoms with E-state index in [1.165, 1.54) is 6.08 Å². The average molecular weight is 316 g/mol. The highest BCUT2D eigenvalue weighted by molar-refractivity contribution is 6.01. The maximum atomic E-state index is 12.0. The van der Waals surface area contributed by atoms with Crippen molar-refractivity contribution in [2.75, 3.05) is 6.61 Å². The van der Waals surface area contributed by atoms with Gasteiger partial charge in [0.05, 0.1) is 6.61 Å². The van der Waals surface area contributed by atoms with Crippen molar-refractivity contribution in [1.29, 1.82) is 0 Å². The second kappa shape index (κ2) is 6.51. The minimum atomic E-state index is -0.932. The van der Waals surface area contributed by atoms with Gasteiger partial charge < -0.3 is 14.8 Å². The first-order valence-electron chi connectivity index (χ1n) is 7.34. The van der Waals surface area contributed by atoms with Crippen LogP contribution in [0.25, 0.3) is 0 Å². The lowest BCUT2D eigenvalue weighted by molar-refractivity contribution is -0.152. The molecule has 2 aliphatic heterocycles. The Bertz CT molecular complexity index is 656. The minimum absolute atomic E-state index is 0.457. The molecular formula is C16H16N2O5. The van der Waals surface area contributed by atoms with Crippen LogP contribution in [0.1, 0.15) is 12.8 Å². The smallest absolute Gasteiger partial charge is 0.332 e. The number of amides is 3. The predicted octanol–water partition coefficient (Wildman–Crippen LogP) is 1.11. The van der Waals surface area contributed by atoms with E-state index < -0.39 is 30.1 Å². The maximum Gasteiger partial charge on any atom is 0.332 e. The van der Waals surface area contributed by atoms with Gasteiger partial charge in [0.1, 0.15) is 11.7 Å². The maximum absolute atomic E-state index is 12.0. The molecular weight excluding hydrogens is 300 g/mol. The van der Waals surface area contributed by atoms with Crippen LogP contribution in [0.2, 0.25) is 0 Å². The number of rotatable bonds is 5. The normalized spacial score (nSPS) is 23.1. The van der Waals surface area contributed by atoms with Crippen molar-refractivity contribution in [1.82, 2.24) is 10.6 Å². The quantitative estimate of drug-likeness (QED) is 0.627. The van der Waals surface area contributed by atoms with E-state index in [9.17, 15) is 14.4 Å². The first kappa shape index (κ1) is 15.1. The number of fused-ring (bicyclic) bond motifs is 1. The summed E-state index contributed by atoms with van der Waals surface area (Å²) in [6.45, 7) is 0.460. The third-order valence-corrected chi connectivity index (χ3v) is 3.66. The summed E-state index contributed by atoms with van der Waals surface area (Å²) in [5, 5.41) is 4.63. The van der Waals surface area contributed by atoms with Gasteiger partial charge >= 0.3 is 12.0 Å². The van der Waals surface area contributed by atoms with E-state index in [-0.39, 0.29) is 0 Å². The molecule has 120 valence electrons. The van der Waals surface area contributed by atoms with E-state index in [4.69, 9.17) is 9.47 Å². The van der Waals surface area contributed by atoms with E-state index in [2.05, 4.69) is 10.6 Å². The van der Waals surface area contributed by atoms with Crippen molar-refractivity contribution in [2.24, 2.45) is 5.92 Å². The van der Waals surface area contributed by atoms with Crippen molar-refractivity contribution in [2.45, 2.75) is 19.1 Å². The summed E-state index contributed by atoms with van der Waals surface area (Å²) in [7, 11) is 0. The van der Waals surface area contributed by atoms with Gasteiger partial charge in [-0.2, -0.15) is 0 Å². The molecule has 0 aromatic heterocycles. The Kier molecular flexibility index (Phi) is 4.27. The zero-order valence-corrected chi connectivity index (χ0v) is 12.3. The van der Waals surface area contributed by atoms with Crippen LogP contribution in [-0.4, -0.2) is 30.7 Å². The molecule has 0 spiro atoms. The molecule has 2 heterocycles. The minimum Gasteiger partial charge on any atom is -0.494 e. The average Bonchev–Trinajstić information content (AvgIpc) is 2.51. The van der Waals surface area contributed by atoms with Gasteiger partial charge in [0.15, 0.2) is 6.23 Å². The van der Waals surface area contributed by atoms with Gasteiger partial charge in [-0.3, -0.25) is 10.1 Å². The number of urea groups is 1. The number of nitrogens with one attached hydrogen (secondary N) is 2. The number of esters is 1. The number of carbonyl (C=O) groups excluding carboxylic acids is 3. The van der Waals surface area contributed by atoms with E-state index in [0.717, 1.165) is 5.75 Å². The molecule has 3 amide bonds. The van der Waals surface area contributed by atoms with Crippen molar-refractivity contribution in [3.05, 3.63) is 42.0 Å². The lowest BCUT2D eigenvalue weighted by Gasteiger charge is -2.34. The van der Waals surface area contributed by atoms with Crippen LogP contribution < -0.4 is 15.4 Å². The van der Waals surface area contributed by atoms with Gasteiger partial charge in [0.25, 0.3) is 0 Å². The highest BCUT2D eigenvalue weighted by Gasteiger charge is 2.42. The summed E-state index contributed by atoms with van der Waals surface area (Å²) in [4.78, 5) is 34.8. The van der Waals surface area contributed by atoms with E-state index >= 15 is 0 Å². The van der Waals surface area contributed by atoms with Gasteiger partial charge in [-0.15, -0.1) is 0 Å². The van der Waals surface area contributed by atoms with Crippen LogP contribution in [0.4, 0.5) is 4.79 Å². The molecule has 1 aromatic rings. The molecule has 2 aliphatic rings. The van der Waals surface area contributed by atoms with Crippen molar-refractivity contribution >= 4 is 17.9 Å². The summed E-state index contributed by atoms with van der Waals surface area (Å²) < 4.78 is 10.6. The van der Waals surface area contributed by atoms with Crippen LogP contribution in [-0.2, 0) is 14.3 Å². The predicted molar refractivity (Wildman–Crippen MR) is 79.3 cm³/mol. The van der Waals surface area contributed by atoms with Crippen molar-refractivity contribution in [3.63, 3.8) is 0 Å². The highest BCUT2D eigenvalue weighted by atomic mass is 16.6. The number of ether oxygens (including phenoxy) is 2. The third kappa shape index (κ3) is 3.50. The van der Waals surface area contributed by atoms with Crippen LogP contribution in [0.15, 0.2) is 42.0 Å². The van der Waals surface area contributed by atoms with Gasteiger partial charge in [-0.1, -0.05) is 18.2 Å². The fraction of sp³-hybridized carbons (Fsp3) is 0.312. The van der Waals surface area contributed by atoms with Crippen molar-refractivity contribution < 1.29 is 23.9 Å². The first-order chi connectivity index (χ1) is 11.1. The molecule has 3 rings (SSSR count). The van der Waals surface area contributed by atoms with Crippen LogP contribution in [0, 0.1) is 5.92 Å². The van der Waals surface area contributed by atoms with Crippen LogP contribution >= 0.6 is 0 Å². The highest BCUT2D eigenvalue weighted by Crippen LogP contribution is 2.27. The number of para-hydroxylation sites is 1. The lowest BCUT2D eigenvalue weighted by Crippen LogP contribution is -2.61. The molecule has 2 unspecified atom stereocenters. The zero-order chi connectivity index (χ0) is 16.2. The summed E-state index contributed by atoms with van der Waals surface area (Å²) in [5.41, 5.74) is 0.639. The summed E-state index contributed by atoms with van der Waals surface area (Å²) >= 11 is 0. The molecule has 1 fully saturated rings. The Morgan fingerprint density at radius 1 is 1.13 bits per heavy atom. The SMILES string of the molecule is O=C1NC(=O)C2C(CCCOc3ccccc3)=CC(=O)OC2N1. The number of benzene rings is 1. The third-order valence-electron chi connectivity index (χ3n) is 3.66. The molecule has 0 bridgehead atoms. The van der Waals surface area contributed by atoms with Gasteiger partial charge in [0.2, 0.25) is 5.91 Å². The van der Waals surface area contributed by atoms with E-state index in [1.807, 2.05) is 30.3 Å². The summed E-state index contributed by atoms with van der Waals surface area (Å²) in [6, 6.07) is 8.73. The number of hydrogen-bond donors (Lipinski definition) is 2. The summed E-state index contributed by atoms with van der Waals surface area (Å²) in [5.74, 6) is -0.922. The Morgan fingerprint density at radius 2 is 1.91 bits per heavy atom. The lowest BCUT2D eigenvalue weighted by atomic mass is 9.89. The standard InChI is InChI=1S/C16H16N2O5/c19-12-9-10(5-4-8-22-11-6-2-1-3-7-11)13-14(20)17-16(21)18-15(13)23-12/h1-3,6-7,9,13,15H,4-5,8H2,(H2,17,18,20,21). The Balaban J connectivity index is 1.58. The van der Waals surface area contributed by atoms with Gasteiger partial charge in [-0.05, 0) is 30.5 Å². The molecule has 0 radical (unpaired) electrons. The Labute approximate surface area is 132 Å². The molecule has 0 aliphatic carbocycles. The van der Waals surface area contributed by atoms with E-state index in [0.29, 0.717) is 25.0 Å². The van der Waals surface area contributed by atoms with Gasteiger partial charge in [0, 0.05) is 6.08 Å². The fourth-order valence-electron chi connectivity index (χ4n) is 2.65. The Morgan fingerprint density at radius 3 is 2.70 bits per heavy atom. The summed E-state index contributed by atoms with van der Waals surface area (Å²) in [6.07, 6.45) is 1.53. The Hall–Kier alpha value is -2.83. The number of carbonyl (C=O) groups is 3. The van der Waals surface area contributed by atoms with Crippen molar-refractivity contribution in [3.8, 4) is 5.75 Å².